The molecule has 1 heterocycles. The van der Waals surface area contributed by atoms with E-state index >= 15 is 0 Å². The quantitative estimate of drug-likeness (QED) is 0.217. The van der Waals surface area contributed by atoms with Crippen LogP contribution in [0.1, 0.15) is 42.4 Å². The highest BCUT2D eigenvalue weighted by atomic mass is 32.2. The standard InChI is InChI=1S/C29H33N3O4S/c1-21-12-10-17-27(22(21)2)37(34,35)30-18-8-4-5-9-19-32(3)20-26-29(33)36-28(31-26)25-16-11-14-23-13-6-7-15-24(23)25/h6-7,10-17,20,30H,4-5,8-9,18-19H2,1-3H3. The number of carbonyl (C=O) groups excluding carboxylic acids is 1. The van der Waals surface area contributed by atoms with Crippen molar-refractivity contribution in [3.8, 4) is 0 Å². The van der Waals surface area contributed by atoms with Gasteiger partial charge < -0.3 is 9.64 Å². The summed E-state index contributed by atoms with van der Waals surface area (Å²) in [5, 5.41) is 2.05. The minimum absolute atomic E-state index is 0.284. The number of ether oxygens (including phenoxy) is 1. The van der Waals surface area contributed by atoms with Gasteiger partial charge in [-0.1, -0.05) is 61.4 Å². The molecule has 0 saturated heterocycles. The lowest BCUT2D eigenvalue weighted by Crippen LogP contribution is -2.25. The summed E-state index contributed by atoms with van der Waals surface area (Å²) in [5.74, 6) is -0.129. The first-order valence-corrected chi connectivity index (χ1v) is 14.0. The number of cyclic esters (lactones) is 1. The number of nitrogens with one attached hydrogen (secondary N) is 1. The van der Waals surface area contributed by atoms with Gasteiger partial charge in [-0.25, -0.2) is 22.9 Å². The summed E-state index contributed by atoms with van der Waals surface area (Å²) in [4.78, 5) is 19.2. The van der Waals surface area contributed by atoms with Crippen LogP contribution in [0, 0.1) is 13.8 Å². The second-order valence-corrected chi connectivity index (χ2v) is 11.1. The number of rotatable bonds is 11. The van der Waals surface area contributed by atoms with Crippen LogP contribution in [-0.4, -0.2) is 45.3 Å². The first-order chi connectivity index (χ1) is 17.8. The van der Waals surface area contributed by atoms with Crippen molar-refractivity contribution >= 4 is 32.7 Å². The highest BCUT2D eigenvalue weighted by molar-refractivity contribution is 7.89. The Labute approximate surface area is 218 Å². The summed E-state index contributed by atoms with van der Waals surface area (Å²) < 4.78 is 33.3. The molecule has 8 heteroatoms. The van der Waals surface area contributed by atoms with Gasteiger partial charge in [0.2, 0.25) is 15.9 Å². The average molecular weight is 520 g/mol. The van der Waals surface area contributed by atoms with Crippen molar-refractivity contribution in [1.82, 2.24) is 9.62 Å². The van der Waals surface area contributed by atoms with E-state index in [1.807, 2.05) is 74.3 Å². The molecule has 1 aliphatic rings. The molecule has 0 aromatic heterocycles. The fourth-order valence-corrected chi connectivity index (χ4v) is 5.73. The third-order valence-corrected chi connectivity index (χ3v) is 8.16. The fourth-order valence-electron chi connectivity index (χ4n) is 4.34. The number of aryl methyl sites for hydroxylation is 1. The van der Waals surface area contributed by atoms with Crippen molar-refractivity contribution in [3.05, 3.63) is 89.3 Å². The number of nitrogens with zero attached hydrogens (tertiary/aromatic N) is 2. The number of sulfonamides is 1. The van der Waals surface area contributed by atoms with Crippen molar-refractivity contribution in [3.63, 3.8) is 0 Å². The zero-order valence-electron chi connectivity index (χ0n) is 21.5. The summed E-state index contributed by atoms with van der Waals surface area (Å²) in [6.45, 7) is 4.90. The van der Waals surface area contributed by atoms with E-state index in [4.69, 9.17) is 4.74 Å². The lowest BCUT2D eigenvalue weighted by molar-refractivity contribution is -0.130. The Balaban J connectivity index is 1.23. The van der Waals surface area contributed by atoms with Gasteiger partial charge in [-0.05, 0) is 60.7 Å². The van der Waals surface area contributed by atoms with E-state index in [2.05, 4.69) is 9.71 Å². The Morgan fingerprint density at radius 3 is 2.51 bits per heavy atom. The van der Waals surface area contributed by atoms with Crippen LogP contribution in [-0.2, 0) is 19.6 Å². The van der Waals surface area contributed by atoms with Crippen LogP contribution in [0.25, 0.3) is 10.8 Å². The highest BCUT2D eigenvalue weighted by Gasteiger charge is 2.25. The normalized spacial score (nSPS) is 14.7. The molecule has 0 aliphatic carbocycles. The Bertz CT molecular complexity index is 1460. The number of hydrogen-bond acceptors (Lipinski definition) is 6. The van der Waals surface area contributed by atoms with Crippen molar-refractivity contribution < 1.29 is 17.9 Å². The molecule has 0 fully saturated rings. The zero-order valence-corrected chi connectivity index (χ0v) is 22.3. The summed E-state index contributed by atoms with van der Waals surface area (Å²) in [6.07, 6.45) is 5.26. The van der Waals surface area contributed by atoms with Crippen molar-refractivity contribution in [2.75, 3.05) is 20.1 Å². The van der Waals surface area contributed by atoms with Crippen LogP contribution in [0.4, 0.5) is 0 Å². The Morgan fingerprint density at radius 1 is 0.946 bits per heavy atom. The monoisotopic (exact) mass is 519 g/mol. The van der Waals surface area contributed by atoms with E-state index < -0.39 is 16.0 Å². The van der Waals surface area contributed by atoms with Gasteiger partial charge in [-0.2, -0.15) is 0 Å². The molecule has 4 rings (SSSR count). The van der Waals surface area contributed by atoms with Crippen LogP contribution in [0.2, 0.25) is 0 Å². The SMILES string of the molecule is Cc1cccc(S(=O)(=O)NCCCCCCN(C)C=C2N=C(c3cccc4ccccc34)OC2=O)c1C. The Kier molecular flexibility index (Phi) is 8.41. The number of benzene rings is 3. The molecule has 194 valence electrons. The number of carbonyl (C=O) groups is 1. The fraction of sp³-hybridized carbons (Fsp3) is 0.310. The van der Waals surface area contributed by atoms with Crippen molar-refractivity contribution in [2.45, 2.75) is 44.4 Å². The molecule has 3 aromatic carbocycles. The molecule has 0 spiro atoms. The summed E-state index contributed by atoms with van der Waals surface area (Å²) in [7, 11) is -1.59. The first kappa shape index (κ1) is 26.6. The molecule has 0 saturated carbocycles. The van der Waals surface area contributed by atoms with Gasteiger partial charge >= 0.3 is 5.97 Å². The van der Waals surface area contributed by atoms with Crippen LogP contribution < -0.4 is 4.72 Å². The van der Waals surface area contributed by atoms with Crippen LogP contribution >= 0.6 is 0 Å². The first-order valence-electron chi connectivity index (χ1n) is 12.5. The largest absolute Gasteiger partial charge is 0.402 e. The van der Waals surface area contributed by atoms with E-state index in [0.717, 1.165) is 59.7 Å². The molecule has 0 bridgehead atoms. The number of esters is 1. The third-order valence-electron chi connectivity index (χ3n) is 6.56. The van der Waals surface area contributed by atoms with Gasteiger partial charge in [0.15, 0.2) is 5.70 Å². The maximum atomic E-state index is 12.6. The Morgan fingerprint density at radius 2 is 1.68 bits per heavy atom. The average Bonchev–Trinajstić information content (AvgIpc) is 3.24. The van der Waals surface area contributed by atoms with Crippen molar-refractivity contribution in [1.29, 1.82) is 0 Å². The molecule has 1 aliphatic heterocycles. The number of aliphatic imine (C=N–C) groups is 1. The van der Waals surface area contributed by atoms with E-state index in [1.54, 1.807) is 18.3 Å². The van der Waals surface area contributed by atoms with Gasteiger partial charge in [0, 0.05) is 31.9 Å². The maximum Gasteiger partial charge on any atom is 0.365 e. The molecule has 37 heavy (non-hydrogen) atoms. The molecule has 0 atom stereocenters. The van der Waals surface area contributed by atoms with Gasteiger partial charge in [0.1, 0.15) is 0 Å². The van der Waals surface area contributed by atoms with Gasteiger partial charge in [0.05, 0.1) is 4.90 Å². The molecule has 0 amide bonds. The van der Waals surface area contributed by atoms with E-state index in [1.165, 1.54) is 0 Å². The molecular weight excluding hydrogens is 486 g/mol. The summed E-state index contributed by atoms with van der Waals surface area (Å²) in [5.41, 5.74) is 2.83. The van der Waals surface area contributed by atoms with Crippen LogP contribution in [0.15, 0.2) is 82.4 Å². The highest BCUT2D eigenvalue weighted by Crippen LogP contribution is 2.24. The molecule has 1 N–H and O–H groups in total. The molecule has 3 aromatic rings. The minimum Gasteiger partial charge on any atom is -0.402 e. The van der Waals surface area contributed by atoms with Gasteiger partial charge in [0.25, 0.3) is 0 Å². The summed E-state index contributed by atoms with van der Waals surface area (Å²) in [6, 6.07) is 19.1. The zero-order chi connectivity index (χ0) is 26.4. The predicted molar refractivity (Wildman–Crippen MR) is 147 cm³/mol. The Hall–Kier alpha value is -3.49. The van der Waals surface area contributed by atoms with E-state index in [9.17, 15) is 13.2 Å². The second-order valence-electron chi connectivity index (χ2n) is 9.34. The number of hydrogen-bond donors (Lipinski definition) is 1. The van der Waals surface area contributed by atoms with Crippen LogP contribution in [0.5, 0.6) is 0 Å². The molecular formula is C29H33N3O4S. The summed E-state index contributed by atoms with van der Waals surface area (Å²) >= 11 is 0. The van der Waals surface area contributed by atoms with Crippen molar-refractivity contribution in [2.24, 2.45) is 4.99 Å². The second kappa shape index (κ2) is 11.7. The smallest absolute Gasteiger partial charge is 0.365 e. The predicted octanol–water partition coefficient (Wildman–Crippen LogP) is 5.07. The molecule has 7 nitrogen and oxygen atoms in total. The third kappa shape index (κ3) is 6.45. The van der Waals surface area contributed by atoms with Crippen LogP contribution in [0.3, 0.4) is 0 Å². The number of unbranched alkanes of at least 4 members (excludes halogenated alkanes) is 3. The lowest BCUT2D eigenvalue weighted by Gasteiger charge is -2.14. The maximum absolute atomic E-state index is 12.6. The molecule has 0 radical (unpaired) electrons. The van der Waals surface area contributed by atoms with E-state index in [0.29, 0.717) is 17.3 Å². The number of fused-ring (bicyclic) bond motifs is 1. The van der Waals surface area contributed by atoms with E-state index in [-0.39, 0.29) is 5.70 Å². The lowest BCUT2D eigenvalue weighted by atomic mass is 10.0. The molecule has 0 unspecified atom stereocenters. The van der Waals surface area contributed by atoms with Gasteiger partial charge in [-0.15, -0.1) is 0 Å². The van der Waals surface area contributed by atoms with Gasteiger partial charge in [-0.3, -0.25) is 0 Å². The minimum atomic E-state index is -3.50. The topological polar surface area (TPSA) is 88.1 Å².